The van der Waals surface area contributed by atoms with Crippen molar-refractivity contribution in [2.45, 2.75) is 53.6 Å². The molecule has 0 atom stereocenters. The Morgan fingerprint density at radius 2 is 1.33 bits per heavy atom. The molecule has 0 bridgehead atoms. The van der Waals surface area contributed by atoms with Crippen molar-refractivity contribution in [1.29, 1.82) is 0 Å². The Balaban J connectivity index is 3.80. The Morgan fingerprint density at radius 3 is 1.58 bits per heavy atom. The smallest absolute Gasteiger partial charge is 0.112 e. The fourth-order valence-corrected chi connectivity index (χ4v) is 1.26. The lowest BCUT2D eigenvalue weighted by Crippen LogP contribution is -3.17. The third kappa shape index (κ3) is 4.73. The largest absolute Gasteiger partial charge is 0.204 e. The second kappa shape index (κ2) is 5.55. The van der Waals surface area contributed by atoms with Crippen molar-refractivity contribution in [3.05, 3.63) is 0 Å². The molecule has 1 N–H and O–H groups in total. The molecule has 0 radical (unpaired) electrons. The van der Waals surface area contributed by atoms with Crippen LogP contribution in [0.1, 0.15) is 41.5 Å². The summed E-state index contributed by atoms with van der Waals surface area (Å²) in [6, 6.07) is 1.09. The van der Waals surface area contributed by atoms with E-state index in [1.54, 1.807) is 0 Å². The molecule has 0 saturated heterocycles. The van der Waals surface area contributed by atoms with Gasteiger partial charge < -0.3 is 0 Å². The molecule has 0 unspecified atom stereocenters. The van der Waals surface area contributed by atoms with Crippen LogP contribution in [0.15, 0.2) is 0 Å². The van der Waals surface area contributed by atoms with Crippen LogP contribution >= 0.6 is 0 Å². The Bertz CT molecular complexity index is 102. The lowest BCUT2D eigenvalue weighted by molar-refractivity contribution is -1.12. The third-order valence-corrected chi connectivity index (χ3v) is 1.72. The molecule has 0 aliphatic heterocycles. The first kappa shape index (κ1) is 11.9. The molecule has 0 aromatic heterocycles. The fraction of sp³-hybridized carbons (Fsp3) is 1.00. The van der Waals surface area contributed by atoms with Crippen LogP contribution in [-0.2, 0) is 4.84 Å². The number of quaternary nitrogens is 1. The van der Waals surface area contributed by atoms with E-state index in [9.17, 15) is 0 Å². The lowest BCUT2D eigenvalue weighted by atomic mass is 10.2. The van der Waals surface area contributed by atoms with Crippen molar-refractivity contribution < 1.29 is 9.90 Å². The van der Waals surface area contributed by atoms with Gasteiger partial charge in [-0.25, -0.2) is 4.84 Å². The second-order valence-corrected chi connectivity index (χ2v) is 4.42. The van der Waals surface area contributed by atoms with E-state index in [0.717, 1.165) is 6.61 Å². The highest BCUT2D eigenvalue weighted by atomic mass is 16.7. The monoisotopic (exact) mass is 174 g/mol. The fourth-order valence-electron chi connectivity index (χ4n) is 1.26. The van der Waals surface area contributed by atoms with E-state index >= 15 is 0 Å². The number of hydrogen-bond acceptors (Lipinski definition) is 1. The molecule has 0 amide bonds. The second-order valence-electron chi connectivity index (χ2n) is 4.42. The molecule has 0 aliphatic carbocycles. The molecule has 0 spiro atoms. The van der Waals surface area contributed by atoms with Gasteiger partial charge in [-0.05, 0) is 33.6 Å². The molecule has 2 nitrogen and oxygen atoms in total. The van der Waals surface area contributed by atoms with Crippen molar-refractivity contribution in [3.63, 3.8) is 0 Å². The molecule has 74 valence electrons. The van der Waals surface area contributed by atoms with Crippen LogP contribution in [0.25, 0.3) is 0 Å². The van der Waals surface area contributed by atoms with E-state index in [-0.39, 0.29) is 0 Å². The van der Waals surface area contributed by atoms with Gasteiger partial charge in [0.25, 0.3) is 0 Å². The van der Waals surface area contributed by atoms with E-state index in [1.165, 1.54) is 5.06 Å². The number of hydrogen-bond donors (Lipinski definition) is 1. The summed E-state index contributed by atoms with van der Waals surface area (Å²) in [6.07, 6.45) is 0. The van der Waals surface area contributed by atoms with Gasteiger partial charge in [0.1, 0.15) is 18.7 Å². The Labute approximate surface area is 76.9 Å². The van der Waals surface area contributed by atoms with E-state index in [0.29, 0.717) is 18.0 Å². The highest BCUT2D eigenvalue weighted by Crippen LogP contribution is 1.89. The van der Waals surface area contributed by atoms with Gasteiger partial charge in [0, 0.05) is 0 Å². The summed E-state index contributed by atoms with van der Waals surface area (Å²) in [7, 11) is 0. The van der Waals surface area contributed by atoms with Crippen molar-refractivity contribution in [2.75, 3.05) is 6.61 Å². The van der Waals surface area contributed by atoms with Gasteiger partial charge in [-0.15, -0.1) is 0 Å². The molecule has 0 rings (SSSR count). The van der Waals surface area contributed by atoms with Crippen molar-refractivity contribution in [2.24, 2.45) is 5.92 Å². The van der Waals surface area contributed by atoms with Crippen LogP contribution in [0.4, 0.5) is 0 Å². The molecular formula is C10H24NO+. The number of hydroxylamine groups is 2. The predicted molar refractivity (Wildman–Crippen MR) is 52.0 cm³/mol. The average molecular weight is 174 g/mol. The van der Waals surface area contributed by atoms with Gasteiger partial charge in [-0.3, -0.25) is 0 Å². The molecule has 0 heterocycles. The van der Waals surface area contributed by atoms with Gasteiger partial charge >= 0.3 is 0 Å². The summed E-state index contributed by atoms with van der Waals surface area (Å²) in [4.78, 5) is 5.74. The Morgan fingerprint density at radius 1 is 0.917 bits per heavy atom. The maximum Gasteiger partial charge on any atom is 0.112 e. The van der Waals surface area contributed by atoms with E-state index in [4.69, 9.17) is 4.84 Å². The van der Waals surface area contributed by atoms with Crippen molar-refractivity contribution >= 4 is 0 Å². The molecule has 2 heteroatoms. The van der Waals surface area contributed by atoms with Crippen molar-refractivity contribution in [1.82, 2.24) is 0 Å². The Hall–Kier alpha value is -0.0800. The maximum atomic E-state index is 5.74. The minimum Gasteiger partial charge on any atom is -0.204 e. The number of rotatable bonds is 5. The van der Waals surface area contributed by atoms with Gasteiger partial charge in [0.05, 0.1) is 0 Å². The minimum atomic E-state index is 0.545. The summed E-state index contributed by atoms with van der Waals surface area (Å²) >= 11 is 0. The molecule has 0 aromatic rings. The normalized spacial score (nSPS) is 12.5. The van der Waals surface area contributed by atoms with Crippen LogP contribution in [0, 0.1) is 5.92 Å². The molecule has 12 heavy (non-hydrogen) atoms. The maximum absolute atomic E-state index is 5.74. The first-order valence-electron chi connectivity index (χ1n) is 4.94. The highest BCUT2D eigenvalue weighted by molar-refractivity contribution is 4.38. The summed E-state index contributed by atoms with van der Waals surface area (Å²) in [6.45, 7) is 14.0. The molecular weight excluding hydrogens is 150 g/mol. The van der Waals surface area contributed by atoms with Crippen LogP contribution < -0.4 is 5.06 Å². The average Bonchev–Trinajstić information content (AvgIpc) is 1.84. The van der Waals surface area contributed by atoms with E-state index < -0.39 is 0 Å². The summed E-state index contributed by atoms with van der Waals surface area (Å²) in [5, 5.41) is 1.24. The standard InChI is InChI=1S/C10H23NO/c1-8(2)7-12-11(9(3)4)10(5)6/h8-10H,7H2,1-6H3/p+1. The quantitative estimate of drug-likeness (QED) is 0.620. The van der Waals surface area contributed by atoms with E-state index in [1.807, 2.05) is 0 Å². The zero-order valence-corrected chi connectivity index (χ0v) is 9.35. The van der Waals surface area contributed by atoms with Crippen LogP contribution in [-0.4, -0.2) is 18.7 Å². The SMILES string of the molecule is CC(C)CO[NH+](C(C)C)C(C)C. The first-order valence-corrected chi connectivity index (χ1v) is 4.94. The topological polar surface area (TPSA) is 13.7 Å². The summed E-state index contributed by atoms with van der Waals surface area (Å²) in [5.74, 6) is 0.623. The summed E-state index contributed by atoms with van der Waals surface area (Å²) < 4.78 is 0. The zero-order valence-electron chi connectivity index (χ0n) is 9.35. The molecule has 0 aliphatic rings. The molecule has 0 saturated carbocycles. The van der Waals surface area contributed by atoms with Crippen LogP contribution in [0.5, 0.6) is 0 Å². The first-order chi connectivity index (χ1) is 5.45. The van der Waals surface area contributed by atoms with E-state index in [2.05, 4.69) is 41.5 Å². The highest BCUT2D eigenvalue weighted by Gasteiger charge is 2.18. The zero-order chi connectivity index (χ0) is 9.72. The van der Waals surface area contributed by atoms with Gasteiger partial charge in [-0.1, -0.05) is 13.8 Å². The van der Waals surface area contributed by atoms with Gasteiger partial charge in [0.2, 0.25) is 0 Å². The molecule has 0 fully saturated rings. The third-order valence-electron chi connectivity index (χ3n) is 1.72. The lowest BCUT2D eigenvalue weighted by Gasteiger charge is -2.25. The summed E-state index contributed by atoms with van der Waals surface area (Å²) in [5.41, 5.74) is 0. The van der Waals surface area contributed by atoms with Crippen molar-refractivity contribution in [3.8, 4) is 0 Å². The number of nitrogens with one attached hydrogen (secondary N) is 1. The molecule has 0 aromatic carbocycles. The van der Waals surface area contributed by atoms with Crippen LogP contribution in [0.2, 0.25) is 0 Å². The Kier molecular flexibility index (Phi) is 5.51. The van der Waals surface area contributed by atoms with Crippen LogP contribution in [0.3, 0.4) is 0 Å². The minimum absolute atomic E-state index is 0.545. The van der Waals surface area contributed by atoms with Gasteiger partial charge in [-0.2, -0.15) is 5.06 Å². The van der Waals surface area contributed by atoms with Gasteiger partial charge in [0.15, 0.2) is 0 Å². The predicted octanol–water partition coefficient (Wildman–Crippen LogP) is 1.28.